The van der Waals surface area contributed by atoms with E-state index in [0.29, 0.717) is 23.0 Å². The van der Waals surface area contributed by atoms with Gasteiger partial charge in [0, 0.05) is 25.4 Å². The molecule has 0 spiro atoms. The molecule has 0 aliphatic carbocycles. The number of pyridine rings is 1. The summed E-state index contributed by atoms with van der Waals surface area (Å²) in [6.07, 6.45) is 3.80. The number of hydrogen-bond acceptors (Lipinski definition) is 4. The standard InChI is InChI=1S/C16H15ClN4O2S/c17-11-3-4-14-20-12(10-21(14)9-11)8-19-15(22)5-6-18-16(23)13-2-1-7-24-13/h1-4,7,9-10H,5-6,8H2,(H,18,23)(H,19,22). The van der Waals surface area contributed by atoms with Gasteiger partial charge >= 0.3 is 0 Å². The zero-order chi connectivity index (χ0) is 16.9. The predicted octanol–water partition coefficient (Wildman–Crippen LogP) is 2.49. The van der Waals surface area contributed by atoms with Crippen molar-refractivity contribution in [2.24, 2.45) is 0 Å². The highest BCUT2D eigenvalue weighted by atomic mass is 35.5. The Morgan fingerprint density at radius 1 is 1.21 bits per heavy atom. The minimum absolute atomic E-state index is 0.142. The number of halogens is 1. The van der Waals surface area contributed by atoms with E-state index in [-0.39, 0.29) is 18.2 Å². The lowest BCUT2D eigenvalue weighted by molar-refractivity contribution is -0.121. The maximum absolute atomic E-state index is 11.8. The van der Waals surface area contributed by atoms with Crippen molar-refractivity contribution < 1.29 is 9.59 Å². The average Bonchev–Trinajstić information content (AvgIpc) is 3.21. The van der Waals surface area contributed by atoms with E-state index in [9.17, 15) is 9.59 Å². The van der Waals surface area contributed by atoms with E-state index in [1.54, 1.807) is 18.3 Å². The first-order valence-electron chi connectivity index (χ1n) is 7.33. The molecule has 0 saturated heterocycles. The van der Waals surface area contributed by atoms with Gasteiger partial charge in [-0.1, -0.05) is 17.7 Å². The second-order valence-electron chi connectivity index (χ2n) is 5.10. The van der Waals surface area contributed by atoms with Crippen LogP contribution in [0.5, 0.6) is 0 Å². The second kappa shape index (κ2) is 7.46. The summed E-state index contributed by atoms with van der Waals surface area (Å²) in [5.41, 5.74) is 1.51. The van der Waals surface area contributed by atoms with E-state index >= 15 is 0 Å². The van der Waals surface area contributed by atoms with Crippen molar-refractivity contribution in [2.45, 2.75) is 13.0 Å². The third-order valence-electron chi connectivity index (χ3n) is 3.31. The molecule has 0 unspecified atom stereocenters. The number of nitrogens with one attached hydrogen (secondary N) is 2. The first-order chi connectivity index (χ1) is 11.6. The maximum Gasteiger partial charge on any atom is 0.261 e. The summed E-state index contributed by atoms with van der Waals surface area (Å²) in [6, 6.07) is 7.14. The number of imidazole rings is 1. The number of rotatable bonds is 6. The molecule has 6 nitrogen and oxygen atoms in total. The zero-order valence-corrected chi connectivity index (χ0v) is 14.2. The number of thiophene rings is 1. The fourth-order valence-electron chi connectivity index (χ4n) is 2.16. The SMILES string of the molecule is O=C(CCNC(=O)c1cccs1)NCc1cn2cc(Cl)ccc2n1. The Hall–Kier alpha value is -2.38. The molecule has 0 saturated carbocycles. The van der Waals surface area contributed by atoms with Crippen LogP contribution in [0, 0.1) is 0 Å². The fourth-order valence-corrected chi connectivity index (χ4v) is 2.97. The number of nitrogens with zero attached hydrogens (tertiary/aromatic N) is 2. The highest BCUT2D eigenvalue weighted by molar-refractivity contribution is 7.12. The third-order valence-corrected chi connectivity index (χ3v) is 4.41. The van der Waals surface area contributed by atoms with E-state index in [1.807, 2.05) is 28.1 Å². The van der Waals surface area contributed by atoms with Gasteiger partial charge in [-0.3, -0.25) is 9.59 Å². The normalized spacial score (nSPS) is 10.7. The molecule has 3 heterocycles. The summed E-state index contributed by atoms with van der Waals surface area (Å²) in [5.74, 6) is -0.299. The van der Waals surface area contributed by atoms with Crippen LogP contribution in [0.2, 0.25) is 5.02 Å². The molecule has 0 aliphatic heterocycles. The van der Waals surface area contributed by atoms with Crippen molar-refractivity contribution >= 4 is 40.4 Å². The number of carbonyl (C=O) groups is 2. The minimum atomic E-state index is -0.157. The summed E-state index contributed by atoms with van der Waals surface area (Å²) in [4.78, 5) is 28.6. The fraction of sp³-hybridized carbons (Fsp3) is 0.188. The lowest BCUT2D eigenvalue weighted by Gasteiger charge is -2.04. The van der Waals surface area contributed by atoms with Crippen LogP contribution in [-0.4, -0.2) is 27.7 Å². The smallest absolute Gasteiger partial charge is 0.261 e. The molecule has 0 bridgehead atoms. The van der Waals surface area contributed by atoms with Gasteiger partial charge in [0.15, 0.2) is 0 Å². The Kier molecular flexibility index (Phi) is 5.12. The number of aromatic nitrogens is 2. The van der Waals surface area contributed by atoms with Gasteiger partial charge < -0.3 is 15.0 Å². The topological polar surface area (TPSA) is 75.5 Å². The number of amides is 2. The molecule has 2 amide bonds. The molecule has 0 fully saturated rings. The second-order valence-corrected chi connectivity index (χ2v) is 6.49. The summed E-state index contributed by atoms with van der Waals surface area (Å²) in [7, 11) is 0. The van der Waals surface area contributed by atoms with Crippen LogP contribution in [0.1, 0.15) is 21.8 Å². The Balaban J connectivity index is 1.44. The van der Waals surface area contributed by atoms with Crippen molar-refractivity contribution in [3.05, 3.63) is 57.6 Å². The summed E-state index contributed by atoms with van der Waals surface area (Å²) in [5, 5.41) is 7.96. The molecule has 124 valence electrons. The van der Waals surface area contributed by atoms with Crippen molar-refractivity contribution in [1.29, 1.82) is 0 Å². The van der Waals surface area contributed by atoms with Gasteiger partial charge in [0.1, 0.15) is 5.65 Å². The van der Waals surface area contributed by atoms with E-state index in [0.717, 1.165) is 11.3 Å². The minimum Gasteiger partial charge on any atom is -0.351 e. The number of fused-ring (bicyclic) bond motifs is 1. The van der Waals surface area contributed by atoms with Crippen LogP contribution in [0.4, 0.5) is 0 Å². The lowest BCUT2D eigenvalue weighted by atomic mass is 10.3. The zero-order valence-electron chi connectivity index (χ0n) is 12.7. The molecule has 3 aromatic rings. The lowest BCUT2D eigenvalue weighted by Crippen LogP contribution is -2.30. The first kappa shape index (κ1) is 16.5. The average molecular weight is 363 g/mol. The molecule has 0 radical (unpaired) electrons. The Morgan fingerprint density at radius 2 is 2.08 bits per heavy atom. The molecule has 2 N–H and O–H groups in total. The first-order valence-corrected chi connectivity index (χ1v) is 8.59. The summed E-state index contributed by atoms with van der Waals surface area (Å²) >= 11 is 7.29. The van der Waals surface area contributed by atoms with Crippen LogP contribution in [0.3, 0.4) is 0 Å². The maximum atomic E-state index is 11.8. The molecule has 8 heteroatoms. The molecular weight excluding hydrogens is 348 g/mol. The molecule has 3 rings (SSSR count). The van der Waals surface area contributed by atoms with Crippen LogP contribution in [-0.2, 0) is 11.3 Å². The van der Waals surface area contributed by atoms with Gasteiger partial charge in [-0.05, 0) is 23.6 Å². The van der Waals surface area contributed by atoms with Crippen molar-refractivity contribution in [3.63, 3.8) is 0 Å². The summed E-state index contributed by atoms with van der Waals surface area (Å²) in [6.45, 7) is 0.625. The van der Waals surface area contributed by atoms with Crippen LogP contribution >= 0.6 is 22.9 Å². The van der Waals surface area contributed by atoms with Crippen molar-refractivity contribution in [3.8, 4) is 0 Å². The van der Waals surface area contributed by atoms with E-state index in [2.05, 4.69) is 15.6 Å². The van der Waals surface area contributed by atoms with Gasteiger partial charge in [0.25, 0.3) is 5.91 Å². The van der Waals surface area contributed by atoms with Crippen LogP contribution in [0.15, 0.2) is 42.0 Å². The molecule has 0 aliphatic rings. The van der Waals surface area contributed by atoms with E-state index < -0.39 is 0 Å². The highest BCUT2D eigenvalue weighted by Crippen LogP contribution is 2.11. The Bertz CT molecular complexity index is 860. The largest absolute Gasteiger partial charge is 0.351 e. The molecule has 24 heavy (non-hydrogen) atoms. The molecule has 0 aromatic carbocycles. The van der Waals surface area contributed by atoms with Gasteiger partial charge in [-0.15, -0.1) is 11.3 Å². The van der Waals surface area contributed by atoms with Crippen LogP contribution < -0.4 is 10.6 Å². The number of carbonyl (C=O) groups excluding carboxylic acids is 2. The van der Waals surface area contributed by atoms with Gasteiger partial charge in [-0.25, -0.2) is 4.98 Å². The molecule has 3 aromatic heterocycles. The van der Waals surface area contributed by atoms with E-state index in [4.69, 9.17) is 11.6 Å². The Labute approximate surface area is 147 Å². The quantitative estimate of drug-likeness (QED) is 0.707. The van der Waals surface area contributed by atoms with Gasteiger partial charge in [-0.2, -0.15) is 0 Å². The van der Waals surface area contributed by atoms with E-state index in [1.165, 1.54) is 11.3 Å². The van der Waals surface area contributed by atoms with Gasteiger partial charge in [0.05, 0.1) is 22.1 Å². The molecular formula is C16H15ClN4O2S. The van der Waals surface area contributed by atoms with Crippen LogP contribution in [0.25, 0.3) is 5.65 Å². The third kappa shape index (κ3) is 4.12. The highest BCUT2D eigenvalue weighted by Gasteiger charge is 2.08. The monoisotopic (exact) mass is 362 g/mol. The Morgan fingerprint density at radius 3 is 2.88 bits per heavy atom. The summed E-state index contributed by atoms with van der Waals surface area (Å²) < 4.78 is 1.81. The number of hydrogen-bond donors (Lipinski definition) is 2. The van der Waals surface area contributed by atoms with Gasteiger partial charge in [0.2, 0.25) is 5.91 Å². The predicted molar refractivity (Wildman–Crippen MR) is 93.3 cm³/mol. The van der Waals surface area contributed by atoms with Crippen molar-refractivity contribution in [1.82, 2.24) is 20.0 Å². The molecule has 0 atom stereocenters. The van der Waals surface area contributed by atoms with Crippen molar-refractivity contribution in [2.75, 3.05) is 6.54 Å².